The van der Waals surface area contributed by atoms with Crippen molar-refractivity contribution in [2.24, 2.45) is 0 Å². The summed E-state index contributed by atoms with van der Waals surface area (Å²) in [6.07, 6.45) is 1.90. The highest BCUT2D eigenvalue weighted by Gasteiger charge is 2.33. The van der Waals surface area contributed by atoms with E-state index < -0.39 is 5.54 Å². The molecular formula is C12H16ClN3O3. The highest BCUT2D eigenvalue weighted by atomic mass is 35.5. The molecule has 1 aromatic rings. The summed E-state index contributed by atoms with van der Waals surface area (Å²) in [4.78, 5) is 19.2. The van der Waals surface area contributed by atoms with Gasteiger partial charge in [-0.15, -0.1) is 0 Å². The molecule has 2 rings (SSSR count). The largest absolute Gasteiger partial charge is 0.394 e. The van der Waals surface area contributed by atoms with E-state index in [1.54, 1.807) is 6.92 Å². The van der Waals surface area contributed by atoms with Crippen LogP contribution in [0.1, 0.15) is 29.0 Å². The van der Waals surface area contributed by atoms with E-state index in [9.17, 15) is 9.90 Å². The third-order valence-corrected chi connectivity index (χ3v) is 3.55. The number of aldehydes is 1. The first-order valence-corrected chi connectivity index (χ1v) is 6.44. The van der Waals surface area contributed by atoms with Crippen LogP contribution >= 0.6 is 11.6 Å². The Bertz CT molecular complexity index is 476. The number of hydrogen-bond donors (Lipinski definition) is 2. The molecule has 19 heavy (non-hydrogen) atoms. The Morgan fingerprint density at radius 3 is 2.74 bits per heavy atom. The van der Waals surface area contributed by atoms with E-state index in [0.29, 0.717) is 44.0 Å². The van der Waals surface area contributed by atoms with Crippen molar-refractivity contribution in [2.45, 2.75) is 25.3 Å². The third-order valence-electron chi connectivity index (χ3n) is 3.26. The molecule has 0 amide bonds. The number of rotatable bonds is 4. The quantitative estimate of drug-likeness (QED) is 0.639. The second-order valence-corrected chi connectivity index (χ2v) is 4.98. The van der Waals surface area contributed by atoms with Gasteiger partial charge in [0.2, 0.25) is 0 Å². The van der Waals surface area contributed by atoms with Crippen molar-refractivity contribution < 1.29 is 14.6 Å². The normalized spacial score (nSPS) is 18.1. The van der Waals surface area contributed by atoms with Crippen LogP contribution < -0.4 is 5.32 Å². The third kappa shape index (κ3) is 3.02. The van der Waals surface area contributed by atoms with Crippen LogP contribution in [0.15, 0.2) is 0 Å². The number of anilines is 1. The Hall–Kier alpha value is -1.24. The number of carbonyl (C=O) groups is 1. The van der Waals surface area contributed by atoms with E-state index in [1.165, 1.54) is 0 Å². The molecule has 1 aromatic heterocycles. The zero-order chi connectivity index (χ0) is 13.9. The zero-order valence-corrected chi connectivity index (χ0v) is 11.4. The van der Waals surface area contributed by atoms with Gasteiger partial charge in [-0.1, -0.05) is 11.6 Å². The Morgan fingerprint density at radius 1 is 1.47 bits per heavy atom. The lowest BCUT2D eigenvalue weighted by molar-refractivity contribution is 0.0378. The van der Waals surface area contributed by atoms with Crippen LogP contribution in [-0.2, 0) is 4.74 Å². The van der Waals surface area contributed by atoms with E-state index in [2.05, 4.69) is 15.3 Å². The van der Waals surface area contributed by atoms with Gasteiger partial charge in [-0.2, -0.15) is 0 Å². The molecule has 0 saturated carbocycles. The van der Waals surface area contributed by atoms with Gasteiger partial charge in [0.05, 0.1) is 17.7 Å². The molecule has 0 radical (unpaired) electrons. The standard InChI is InChI=1S/C12H16ClN3O3/c1-8-14-10(13)9(6-17)11(15-8)16-12(7-18)2-4-19-5-3-12/h6,18H,2-5,7H2,1H3,(H,14,15,16). The number of halogens is 1. The molecule has 0 atom stereocenters. The average Bonchev–Trinajstić information content (AvgIpc) is 2.39. The van der Waals surface area contributed by atoms with Crippen molar-refractivity contribution in [1.82, 2.24) is 9.97 Å². The SMILES string of the molecule is Cc1nc(Cl)c(C=O)c(NC2(CO)CCOCC2)n1. The summed E-state index contributed by atoms with van der Waals surface area (Å²) in [5.41, 5.74) is -0.313. The van der Waals surface area contributed by atoms with Crippen LogP contribution in [0.25, 0.3) is 0 Å². The maximum atomic E-state index is 11.1. The molecule has 104 valence electrons. The number of carbonyl (C=O) groups excluding carboxylic acids is 1. The van der Waals surface area contributed by atoms with Crippen molar-refractivity contribution in [3.8, 4) is 0 Å². The fourth-order valence-corrected chi connectivity index (χ4v) is 2.34. The molecular weight excluding hydrogens is 270 g/mol. The summed E-state index contributed by atoms with van der Waals surface area (Å²) < 4.78 is 5.29. The van der Waals surface area contributed by atoms with Gasteiger partial charge in [0.25, 0.3) is 0 Å². The minimum Gasteiger partial charge on any atom is -0.394 e. The smallest absolute Gasteiger partial charge is 0.156 e. The molecule has 2 heterocycles. The van der Waals surface area contributed by atoms with Crippen LogP contribution in [0.4, 0.5) is 5.82 Å². The Morgan fingerprint density at radius 2 is 2.16 bits per heavy atom. The van der Waals surface area contributed by atoms with E-state index in [4.69, 9.17) is 16.3 Å². The lowest BCUT2D eigenvalue weighted by Crippen LogP contribution is -2.47. The van der Waals surface area contributed by atoms with Crippen LogP contribution in [0.5, 0.6) is 0 Å². The summed E-state index contributed by atoms with van der Waals surface area (Å²) in [7, 11) is 0. The predicted octanol–water partition coefficient (Wildman–Crippen LogP) is 1.20. The van der Waals surface area contributed by atoms with E-state index >= 15 is 0 Å². The van der Waals surface area contributed by atoms with Gasteiger partial charge in [0.15, 0.2) is 6.29 Å². The number of nitrogens with zero attached hydrogens (tertiary/aromatic N) is 2. The van der Waals surface area contributed by atoms with Crippen molar-refractivity contribution in [1.29, 1.82) is 0 Å². The van der Waals surface area contributed by atoms with Crippen LogP contribution in [0, 0.1) is 6.92 Å². The van der Waals surface area contributed by atoms with Gasteiger partial charge >= 0.3 is 0 Å². The molecule has 1 aliphatic rings. The first-order chi connectivity index (χ1) is 9.10. The van der Waals surface area contributed by atoms with Gasteiger partial charge in [0.1, 0.15) is 16.8 Å². The fraction of sp³-hybridized carbons (Fsp3) is 0.583. The minimum atomic E-state index is -0.528. The molecule has 1 saturated heterocycles. The summed E-state index contributed by atoms with van der Waals surface area (Å²) >= 11 is 5.93. The van der Waals surface area contributed by atoms with Gasteiger partial charge in [-0.3, -0.25) is 4.79 Å². The second-order valence-electron chi connectivity index (χ2n) is 4.62. The van der Waals surface area contributed by atoms with Gasteiger partial charge < -0.3 is 15.2 Å². The highest BCUT2D eigenvalue weighted by Crippen LogP contribution is 2.28. The first-order valence-electron chi connectivity index (χ1n) is 6.06. The topological polar surface area (TPSA) is 84.3 Å². The van der Waals surface area contributed by atoms with Crippen LogP contribution in [-0.4, -0.2) is 46.7 Å². The number of hydrogen-bond acceptors (Lipinski definition) is 6. The number of aliphatic hydroxyl groups is 1. The van der Waals surface area contributed by atoms with E-state index in [-0.39, 0.29) is 17.3 Å². The highest BCUT2D eigenvalue weighted by molar-refractivity contribution is 6.32. The number of aryl methyl sites for hydroxylation is 1. The van der Waals surface area contributed by atoms with E-state index in [1.807, 2.05) is 0 Å². The lowest BCUT2D eigenvalue weighted by atomic mass is 9.91. The Labute approximate surface area is 116 Å². The summed E-state index contributed by atoms with van der Waals surface area (Å²) in [6, 6.07) is 0. The second kappa shape index (κ2) is 5.81. The lowest BCUT2D eigenvalue weighted by Gasteiger charge is -2.37. The average molecular weight is 286 g/mol. The summed E-state index contributed by atoms with van der Waals surface area (Å²) in [5.74, 6) is 0.835. The van der Waals surface area contributed by atoms with Crippen molar-refractivity contribution >= 4 is 23.7 Å². The molecule has 0 bridgehead atoms. The maximum absolute atomic E-state index is 11.1. The molecule has 0 unspecified atom stereocenters. The summed E-state index contributed by atoms with van der Waals surface area (Å²) in [6.45, 7) is 2.75. The predicted molar refractivity (Wildman–Crippen MR) is 70.7 cm³/mol. The molecule has 1 fully saturated rings. The molecule has 7 heteroatoms. The number of ether oxygens (including phenoxy) is 1. The molecule has 1 aliphatic heterocycles. The maximum Gasteiger partial charge on any atom is 0.156 e. The monoisotopic (exact) mass is 285 g/mol. The van der Waals surface area contributed by atoms with Crippen molar-refractivity contribution in [2.75, 3.05) is 25.1 Å². The minimum absolute atomic E-state index is 0.0602. The zero-order valence-electron chi connectivity index (χ0n) is 10.6. The summed E-state index contributed by atoms with van der Waals surface area (Å²) in [5, 5.41) is 12.9. The van der Waals surface area contributed by atoms with Gasteiger partial charge in [-0.25, -0.2) is 9.97 Å². The molecule has 6 nitrogen and oxygen atoms in total. The van der Waals surface area contributed by atoms with Crippen molar-refractivity contribution in [3.05, 3.63) is 16.5 Å². The molecule has 0 aromatic carbocycles. The number of aromatic nitrogens is 2. The first kappa shape index (κ1) is 14.2. The van der Waals surface area contributed by atoms with Crippen LogP contribution in [0.2, 0.25) is 5.15 Å². The van der Waals surface area contributed by atoms with E-state index in [0.717, 1.165) is 0 Å². The fourth-order valence-electron chi connectivity index (χ4n) is 2.08. The number of nitrogens with one attached hydrogen (secondary N) is 1. The molecule has 0 aliphatic carbocycles. The van der Waals surface area contributed by atoms with Gasteiger partial charge in [-0.05, 0) is 19.8 Å². The molecule has 2 N–H and O–H groups in total. The van der Waals surface area contributed by atoms with Crippen LogP contribution in [0.3, 0.4) is 0 Å². The Balaban J connectivity index is 2.33. The Kier molecular flexibility index (Phi) is 4.34. The molecule has 0 spiro atoms. The van der Waals surface area contributed by atoms with Gasteiger partial charge in [0, 0.05) is 13.2 Å². The van der Waals surface area contributed by atoms with Crippen molar-refractivity contribution in [3.63, 3.8) is 0 Å². The number of aliphatic hydroxyl groups excluding tert-OH is 1.